The molecule has 5 N–H and O–H groups in total. The third-order valence-electron chi connectivity index (χ3n) is 23.3. The molecular weight excluding hydrogens is 1550 g/mol. The first-order valence-electron chi connectivity index (χ1n) is 43.4. The zero-order chi connectivity index (χ0) is 86.7. The molecule has 0 bridgehead atoms. The molecule has 1 amide bonds. The number of likely N-dealkylation sites (tertiary alicyclic amines) is 2. The van der Waals surface area contributed by atoms with E-state index in [1.165, 1.54) is 72.7 Å². The summed E-state index contributed by atoms with van der Waals surface area (Å²) in [5.74, 6) is 7.84. The molecule has 5 aromatic carbocycles. The molecule has 2 saturated heterocycles. The van der Waals surface area contributed by atoms with Crippen LogP contribution in [0, 0.1) is 5.92 Å². The highest BCUT2D eigenvalue weighted by Gasteiger charge is 2.36. The number of benzene rings is 5. The van der Waals surface area contributed by atoms with E-state index >= 15 is 0 Å². The maximum Gasteiger partial charge on any atom is 0.291 e. The summed E-state index contributed by atoms with van der Waals surface area (Å²) >= 11 is 0. The topological polar surface area (TPSA) is 330 Å². The van der Waals surface area contributed by atoms with Crippen molar-refractivity contribution in [2.24, 2.45) is 30.9 Å². The minimum atomic E-state index is -0.150. The molecule has 27 heteroatoms. The number of amides is 1. The largest absolute Gasteiger partial charge is 0.510 e. The first-order chi connectivity index (χ1) is 58.9. The summed E-state index contributed by atoms with van der Waals surface area (Å²) in [6.07, 6.45) is 21.4. The predicted octanol–water partition coefficient (Wildman–Crippen LogP) is 14.8. The van der Waals surface area contributed by atoms with Crippen LogP contribution in [-0.2, 0) is 57.4 Å². The molecule has 4 aromatic heterocycles. The van der Waals surface area contributed by atoms with Crippen molar-refractivity contribution in [1.29, 1.82) is 0 Å². The third kappa shape index (κ3) is 22.3. The number of carbonyl (C=O) groups is 2. The average Bonchev–Trinajstić information content (AvgIpc) is 1.71. The molecule has 3 fully saturated rings. The van der Waals surface area contributed by atoms with E-state index < -0.39 is 0 Å². The third-order valence-corrected chi connectivity index (χ3v) is 23.3. The lowest BCUT2D eigenvalue weighted by molar-refractivity contribution is -0.113. The van der Waals surface area contributed by atoms with Gasteiger partial charge in [0.15, 0.2) is 29.1 Å². The number of carbonyl (C=O) groups excluding carboxylic acids is 2. The lowest BCUT2D eigenvalue weighted by Gasteiger charge is -2.38. The zero-order valence-electron chi connectivity index (χ0n) is 73.2. The number of nitrogens with zero attached hydrogens (tertiary/aromatic N) is 19. The van der Waals surface area contributed by atoms with Crippen molar-refractivity contribution < 1.29 is 34.8 Å². The second kappa shape index (κ2) is 38.2. The Kier molecular flexibility index (Phi) is 27.1. The van der Waals surface area contributed by atoms with Crippen molar-refractivity contribution in [1.82, 2.24) is 73.5 Å². The van der Waals surface area contributed by atoms with Gasteiger partial charge in [-0.15, -0.1) is 0 Å². The van der Waals surface area contributed by atoms with E-state index in [9.17, 15) is 24.9 Å². The number of amidine groups is 1. The number of aliphatic hydroxyl groups excluding tert-OH is 4. The number of rotatable bonds is 16. The van der Waals surface area contributed by atoms with Gasteiger partial charge in [0, 0.05) is 92.4 Å². The summed E-state index contributed by atoms with van der Waals surface area (Å²) in [4.78, 5) is 86.5. The fourth-order valence-electron chi connectivity index (χ4n) is 16.0. The maximum atomic E-state index is 12.5. The molecule has 27 nitrogen and oxygen atoms in total. The lowest BCUT2D eigenvalue weighted by Crippen LogP contribution is -2.49. The number of allylic oxidation sites excluding steroid dienone is 3. The van der Waals surface area contributed by atoms with Gasteiger partial charge in [-0.05, 0) is 100 Å². The van der Waals surface area contributed by atoms with E-state index in [0.29, 0.717) is 135 Å². The van der Waals surface area contributed by atoms with E-state index in [4.69, 9.17) is 39.8 Å². The Hall–Kier alpha value is -12.0. The van der Waals surface area contributed by atoms with Crippen molar-refractivity contribution in [2.75, 3.05) is 52.4 Å². The number of H-pyrrole nitrogens is 1. The van der Waals surface area contributed by atoms with Gasteiger partial charge >= 0.3 is 0 Å². The van der Waals surface area contributed by atoms with Crippen LogP contribution >= 0.6 is 0 Å². The average molecular weight is 1660 g/mol. The van der Waals surface area contributed by atoms with Crippen molar-refractivity contribution in [2.45, 2.75) is 220 Å². The highest BCUT2D eigenvalue weighted by atomic mass is 16.5. The molecule has 1 aliphatic carbocycles. The molecule has 644 valence electrons. The number of ether oxygens (including phenoxy) is 1. The van der Waals surface area contributed by atoms with Gasteiger partial charge in [-0.3, -0.25) is 43.3 Å². The smallest absolute Gasteiger partial charge is 0.291 e. The molecule has 17 rings (SSSR count). The van der Waals surface area contributed by atoms with Crippen LogP contribution in [-0.4, -0.2) is 182 Å². The highest BCUT2D eigenvalue weighted by molar-refractivity contribution is 6.11. The van der Waals surface area contributed by atoms with Gasteiger partial charge in [-0.2, -0.15) is 25.0 Å². The van der Waals surface area contributed by atoms with Gasteiger partial charge in [0.05, 0.1) is 44.9 Å². The van der Waals surface area contributed by atoms with Crippen LogP contribution in [0.25, 0.3) is 52.4 Å². The Morgan fingerprint density at radius 1 is 0.504 bits per heavy atom. The molecule has 9 aromatic rings. The van der Waals surface area contributed by atoms with Crippen LogP contribution in [0.4, 0.5) is 0 Å². The maximum absolute atomic E-state index is 12.5. The summed E-state index contributed by atoms with van der Waals surface area (Å²) in [6, 6.07) is 43.7. The summed E-state index contributed by atoms with van der Waals surface area (Å²) in [5, 5.41) is 45.3. The molecule has 1 saturated carbocycles. The number of aliphatic hydroxyl groups is 4. The Morgan fingerprint density at radius 3 is 1.41 bits per heavy atom. The van der Waals surface area contributed by atoms with E-state index in [0.717, 1.165) is 78.9 Å². The van der Waals surface area contributed by atoms with E-state index in [2.05, 4.69) is 213 Å². The normalized spacial score (nSPS) is 17.3. The Bertz CT molecular complexity index is 5650. The van der Waals surface area contributed by atoms with Crippen LogP contribution in [0.1, 0.15) is 222 Å². The molecule has 0 spiro atoms. The predicted molar refractivity (Wildman–Crippen MR) is 478 cm³/mol. The molecule has 7 aliphatic heterocycles. The molecule has 123 heavy (non-hydrogen) atoms. The number of ketones is 1. The number of nitrogens with one attached hydrogen (secondary N) is 1. The number of aromatic amines is 1. The number of aromatic nitrogens is 12. The van der Waals surface area contributed by atoms with Gasteiger partial charge in [0.25, 0.3) is 5.91 Å². The molecule has 0 radical (unpaired) electrons. The Morgan fingerprint density at radius 2 is 0.959 bits per heavy atom. The lowest BCUT2D eigenvalue weighted by atomic mass is 9.86. The van der Waals surface area contributed by atoms with Gasteiger partial charge in [-0.25, -0.2) is 29.9 Å². The monoisotopic (exact) mass is 1660 g/mol. The van der Waals surface area contributed by atoms with E-state index in [-0.39, 0.29) is 69.4 Å². The number of piperidine rings is 2. The number of hydrogen-bond donors (Lipinski definition) is 5. The van der Waals surface area contributed by atoms with Gasteiger partial charge in [-0.1, -0.05) is 243 Å². The number of fused-ring (bicyclic) bond motifs is 4. The van der Waals surface area contributed by atoms with Crippen molar-refractivity contribution in [3.8, 4) is 34.2 Å². The quantitative estimate of drug-likeness (QED) is 0.0561. The fraction of sp³-hybridized carbons (Fsp3) is 0.448. The standard InChI is InChI=1S/C28H32N4O2.C25H34N4O.C24H28N8O2.C19H24N4O2/c1-28(2,3)22-11-9-21(10-12-22)26-29-25-17-23(33)18-32(25)27(30-26)31-15-13-24(14-16-31)34-19-20-7-5-4-6-8-20;1-25(2,3)20-13-11-19(12-14-20)23-27-22-16-21(30)17-29(22)24(28-23)26-15-7-10-18-8-5-4-6-9-18;1-24(2,3)16-6-4-15(5-7-16)20-28-19-12-18(33)13-32(19)23(29-20)27-17-8-10-31(11-9-17)22(34)21-25-14-26-30-21;1-19(2,3)14-7-5-13(6-8-14)17-21-16-11-15(25)12-23(16)18(22-17)20-9-4-10-24/h4-12,17,24H,13-16,18-19H2,1-3H3;11-14,16,18,30H,4-10,15,17H2,1-3H3;4-7,12,14,17,33H,8-11,13H2,1-3H3,(H,25,26,30);5-8,11,24-25H,4,9-10,12H2,1-3H3. The Balaban J connectivity index is 0.000000135. The van der Waals surface area contributed by atoms with Crippen LogP contribution in [0.5, 0.6) is 0 Å². The van der Waals surface area contributed by atoms with Crippen LogP contribution in [0.3, 0.4) is 0 Å². The molecular formula is C96H118N20O7. The van der Waals surface area contributed by atoms with E-state index in [1.54, 1.807) is 33.8 Å². The number of aliphatic imine (C=N–C) groups is 2. The summed E-state index contributed by atoms with van der Waals surface area (Å²) in [5.41, 5.74) is 12.1. The summed E-state index contributed by atoms with van der Waals surface area (Å²) in [6.45, 7) is 32.5. The first-order valence-corrected chi connectivity index (χ1v) is 43.4. The highest BCUT2D eigenvalue weighted by Crippen LogP contribution is 2.33. The van der Waals surface area contributed by atoms with Crippen LogP contribution < -0.4 is 16.9 Å². The summed E-state index contributed by atoms with van der Waals surface area (Å²) in [7, 11) is 0. The van der Waals surface area contributed by atoms with Gasteiger partial charge < -0.3 is 35.0 Å². The van der Waals surface area contributed by atoms with Gasteiger partial charge in [0.1, 0.15) is 46.9 Å². The van der Waals surface area contributed by atoms with Crippen LogP contribution in [0.15, 0.2) is 188 Å². The van der Waals surface area contributed by atoms with E-state index in [1.807, 2.05) is 56.5 Å². The van der Waals surface area contributed by atoms with Crippen molar-refractivity contribution in [3.05, 3.63) is 236 Å². The molecule has 0 atom stereocenters. The first kappa shape index (κ1) is 87.4. The van der Waals surface area contributed by atoms with Crippen molar-refractivity contribution in [3.63, 3.8) is 0 Å². The van der Waals surface area contributed by atoms with Gasteiger partial charge in [0.2, 0.25) is 28.6 Å². The van der Waals surface area contributed by atoms with Crippen molar-refractivity contribution >= 4 is 41.7 Å². The minimum Gasteiger partial charge on any atom is -0.510 e. The molecule has 0 unspecified atom stereocenters. The number of hydrogen-bond acceptors (Lipinski definition) is 22. The fourth-order valence-corrected chi connectivity index (χ4v) is 16.0. The second-order valence-electron chi connectivity index (χ2n) is 36.9. The SMILES string of the molecule is CC(C)(C)c1ccc(-c2nc3n(c(=NC4CCN(C(=O)c5ncn[nH]5)CC4)n2)CC(O)=C3)cc1.CC(C)(C)c1ccc(-c2nc3n(c(=NCCCC4CCCCC4)n2)CC(O)=C3)cc1.CC(C)(C)c1ccc(-c2nc3n(c(=NCCCO)n2)CC(O)=C3)cc1.CC(C)(C)c1ccc(C2=NC3=CC(=O)CN3C(N3CCC(OCc4ccccc4)CC3)=N2)cc1. The molecule has 11 heterocycles. The van der Waals surface area contributed by atoms with Crippen LogP contribution in [0.2, 0.25) is 0 Å². The summed E-state index contributed by atoms with van der Waals surface area (Å²) < 4.78 is 11.7. The number of guanidine groups is 1. The molecule has 8 aliphatic rings. The Labute approximate surface area is 720 Å². The minimum absolute atomic E-state index is 0.0177. The second-order valence-corrected chi connectivity index (χ2v) is 36.9. The zero-order valence-corrected chi connectivity index (χ0v) is 73.2.